The fraction of sp³-hybridized carbons (Fsp3) is 0.172. The van der Waals surface area contributed by atoms with Gasteiger partial charge in [0.1, 0.15) is 6.04 Å². The lowest BCUT2D eigenvalue weighted by Gasteiger charge is -2.33. The van der Waals surface area contributed by atoms with E-state index in [4.69, 9.17) is 37.7 Å². The van der Waals surface area contributed by atoms with E-state index in [1.54, 1.807) is 24.3 Å². The molecule has 1 aliphatic heterocycles. The SMILES string of the molecule is CCN1C(SCC(=O)Nc2ccc(Cl)cc2)=N[C@H](c2ccc(Cl)cc2)C(c2nc(-c3ccccc3)no2)=C1C. The van der Waals surface area contributed by atoms with Gasteiger partial charge in [-0.1, -0.05) is 82.6 Å². The van der Waals surface area contributed by atoms with Crippen LogP contribution in [-0.4, -0.2) is 38.4 Å². The molecule has 0 spiro atoms. The Labute approximate surface area is 240 Å². The number of hydrogen-bond donors (Lipinski definition) is 1. The molecule has 0 saturated heterocycles. The third-order valence-electron chi connectivity index (χ3n) is 6.19. The van der Waals surface area contributed by atoms with Gasteiger partial charge in [0.25, 0.3) is 5.89 Å². The summed E-state index contributed by atoms with van der Waals surface area (Å²) in [5.74, 6) is 0.956. The summed E-state index contributed by atoms with van der Waals surface area (Å²) >= 11 is 13.5. The van der Waals surface area contributed by atoms with Crippen molar-refractivity contribution in [3.8, 4) is 11.4 Å². The number of carbonyl (C=O) groups excluding carboxylic acids is 1. The summed E-state index contributed by atoms with van der Waals surface area (Å²) in [6.45, 7) is 4.70. The van der Waals surface area contributed by atoms with Gasteiger partial charge in [0.15, 0.2) is 5.17 Å². The van der Waals surface area contributed by atoms with Gasteiger partial charge in [0.2, 0.25) is 11.7 Å². The molecule has 4 aromatic rings. The number of amidine groups is 1. The number of thioether (sulfide) groups is 1. The Kier molecular flexibility index (Phi) is 8.35. The van der Waals surface area contributed by atoms with Crippen molar-refractivity contribution < 1.29 is 9.32 Å². The van der Waals surface area contributed by atoms with Crippen LogP contribution in [-0.2, 0) is 4.79 Å². The number of amides is 1. The van der Waals surface area contributed by atoms with Crippen LogP contribution in [0.2, 0.25) is 10.0 Å². The standard InChI is InChI=1S/C29H25Cl2N5O2S/c1-3-36-18(2)25(28-34-27(35-38-28)20-7-5-4-6-8-20)26(19-9-11-21(30)12-10-19)33-29(36)39-17-24(37)32-23-15-13-22(31)14-16-23/h4-16,26H,3,17H2,1-2H3,(H,32,37)/t26-/m1/s1. The Balaban J connectivity index is 1.45. The van der Waals surface area contributed by atoms with E-state index >= 15 is 0 Å². The highest BCUT2D eigenvalue weighted by Gasteiger charge is 2.33. The molecule has 39 heavy (non-hydrogen) atoms. The molecule has 1 aliphatic rings. The second-order valence-electron chi connectivity index (χ2n) is 8.74. The van der Waals surface area contributed by atoms with Crippen molar-refractivity contribution in [2.45, 2.75) is 19.9 Å². The molecule has 0 saturated carbocycles. The number of allylic oxidation sites excluding steroid dienone is 1. The van der Waals surface area contributed by atoms with Gasteiger partial charge < -0.3 is 14.7 Å². The second kappa shape index (κ2) is 12.1. The predicted octanol–water partition coefficient (Wildman–Crippen LogP) is 7.58. The molecule has 7 nitrogen and oxygen atoms in total. The van der Waals surface area contributed by atoms with Crippen LogP contribution in [0.4, 0.5) is 5.69 Å². The maximum atomic E-state index is 12.7. The van der Waals surface area contributed by atoms with Crippen LogP contribution in [0, 0.1) is 0 Å². The summed E-state index contributed by atoms with van der Waals surface area (Å²) in [6.07, 6.45) is 0. The lowest BCUT2D eigenvalue weighted by Crippen LogP contribution is -2.33. The molecular weight excluding hydrogens is 553 g/mol. The number of anilines is 1. The Morgan fingerprint density at radius 2 is 1.67 bits per heavy atom. The number of hydrogen-bond acceptors (Lipinski definition) is 7. The largest absolute Gasteiger partial charge is 0.334 e. The molecule has 0 bridgehead atoms. The molecule has 10 heteroatoms. The summed E-state index contributed by atoms with van der Waals surface area (Å²) in [4.78, 5) is 24.6. The Bertz CT molecular complexity index is 1520. The number of benzene rings is 3. The quantitative estimate of drug-likeness (QED) is 0.243. The number of carbonyl (C=O) groups is 1. The number of halogens is 2. The molecule has 5 rings (SSSR count). The van der Waals surface area contributed by atoms with E-state index in [1.807, 2.05) is 68.4 Å². The van der Waals surface area contributed by atoms with E-state index in [1.165, 1.54) is 11.8 Å². The maximum Gasteiger partial charge on any atom is 0.258 e. The minimum atomic E-state index is -0.420. The predicted molar refractivity (Wildman–Crippen MR) is 159 cm³/mol. The van der Waals surface area contributed by atoms with Crippen molar-refractivity contribution in [2.75, 3.05) is 17.6 Å². The first-order valence-corrected chi connectivity index (χ1v) is 14.1. The number of nitrogens with one attached hydrogen (secondary N) is 1. The van der Waals surface area contributed by atoms with Crippen LogP contribution in [0.25, 0.3) is 17.0 Å². The monoisotopic (exact) mass is 577 g/mol. The molecule has 1 atom stereocenters. The highest BCUT2D eigenvalue weighted by molar-refractivity contribution is 8.14. The van der Waals surface area contributed by atoms with Crippen LogP contribution in [0.15, 0.2) is 94.1 Å². The van der Waals surface area contributed by atoms with Crippen LogP contribution in [0.5, 0.6) is 0 Å². The summed E-state index contributed by atoms with van der Waals surface area (Å²) in [5.41, 5.74) is 4.21. The maximum absolute atomic E-state index is 12.7. The van der Waals surface area contributed by atoms with Crippen LogP contribution >= 0.6 is 35.0 Å². The van der Waals surface area contributed by atoms with E-state index in [-0.39, 0.29) is 11.7 Å². The first-order valence-electron chi connectivity index (χ1n) is 12.3. The topological polar surface area (TPSA) is 83.6 Å². The summed E-state index contributed by atoms with van der Waals surface area (Å²) in [7, 11) is 0. The molecule has 1 N–H and O–H groups in total. The van der Waals surface area contributed by atoms with Crippen LogP contribution in [0.3, 0.4) is 0 Å². The third kappa shape index (κ3) is 6.19. The molecule has 2 heterocycles. The molecular formula is C29H25Cl2N5O2S. The molecule has 0 fully saturated rings. The normalized spacial score (nSPS) is 15.3. The average molecular weight is 579 g/mol. The second-order valence-corrected chi connectivity index (χ2v) is 10.6. The van der Waals surface area contributed by atoms with Crippen molar-refractivity contribution in [1.29, 1.82) is 0 Å². The van der Waals surface area contributed by atoms with Gasteiger partial charge in [-0.25, -0.2) is 4.99 Å². The lowest BCUT2D eigenvalue weighted by atomic mass is 9.96. The van der Waals surface area contributed by atoms with E-state index < -0.39 is 6.04 Å². The average Bonchev–Trinajstić information content (AvgIpc) is 3.43. The first kappa shape index (κ1) is 27.0. The molecule has 0 aliphatic carbocycles. The highest BCUT2D eigenvalue weighted by atomic mass is 35.5. The summed E-state index contributed by atoms with van der Waals surface area (Å²) in [6, 6.07) is 23.8. The molecule has 3 aromatic carbocycles. The summed E-state index contributed by atoms with van der Waals surface area (Å²) in [5, 5.41) is 9.12. The van der Waals surface area contributed by atoms with Crippen molar-refractivity contribution in [2.24, 2.45) is 4.99 Å². The Morgan fingerprint density at radius 3 is 2.33 bits per heavy atom. The van der Waals surface area contributed by atoms with Gasteiger partial charge >= 0.3 is 0 Å². The van der Waals surface area contributed by atoms with E-state index in [0.717, 1.165) is 27.6 Å². The van der Waals surface area contributed by atoms with Gasteiger partial charge in [0, 0.05) is 33.5 Å². The van der Waals surface area contributed by atoms with E-state index in [9.17, 15) is 4.79 Å². The number of aromatic nitrogens is 2. The molecule has 198 valence electrons. The number of rotatable bonds is 7. The minimum Gasteiger partial charge on any atom is -0.334 e. The zero-order valence-corrected chi connectivity index (χ0v) is 23.6. The van der Waals surface area contributed by atoms with E-state index in [0.29, 0.717) is 34.0 Å². The van der Waals surface area contributed by atoms with Crippen LogP contribution < -0.4 is 5.32 Å². The fourth-order valence-corrected chi connectivity index (χ4v) is 5.46. The van der Waals surface area contributed by atoms with Crippen molar-refractivity contribution in [3.63, 3.8) is 0 Å². The highest BCUT2D eigenvalue weighted by Crippen LogP contribution is 2.41. The van der Waals surface area contributed by atoms with Gasteiger partial charge in [-0.2, -0.15) is 4.98 Å². The Morgan fingerprint density at radius 1 is 1.00 bits per heavy atom. The smallest absolute Gasteiger partial charge is 0.258 e. The summed E-state index contributed by atoms with van der Waals surface area (Å²) < 4.78 is 5.78. The third-order valence-corrected chi connectivity index (χ3v) is 7.68. The van der Waals surface area contributed by atoms with Crippen molar-refractivity contribution >= 4 is 57.3 Å². The van der Waals surface area contributed by atoms with E-state index in [2.05, 4.69) is 15.4 Å². The molecule has 0 radical (unpaired) electrons. The number of aliphatic imine (C=N–C) groups is 1. The Hall–Kier alpha value is -3.59. The van der Waals surface area contributed by atoms with Gasteiger partial charge in [-0.15, -0.1) is 0 Å². The molecule has 1 aromatic heterocycles. The zero-order chi connectivity index (χ0) is 27.4. The number of nitrogens with zero attached hydrogens (tertiary/aromatic N) is 4. The van der Waals surface area contributed by atoms with Gasteiger partial charge in [0.05, 0.1) is 11.3 Å². The lowest BCUT2D eigenvalue weighted by molar-refractivity contribution is -0.113. The van der Waals surface area contributed by atoms with Crippen molar-refractivity contribution in [1.82, 2.24) is 15.0 Å². The van der Waals surface area contributed by atoms with Gasteiger partial charge in [-0.05, 0) is 55.8 Å². The molecule has 1 amide bonds. The first-order chi connectivity index (χ1) is 18.9. The zero-order valence-electron chi connectivity index (χ0n) is 21.3. The van der Waals surface area contributed by atoms with Crippen molar-refractivity contribution in [3.05, 3.63) is 106 Å². The minimum absolute atomic E-state index is 0.138. The van der Waals surface area contributed by atoms with Gasteiger partial charge in [-0.3, -0.25) is 4.79 Å². The fourth-order valence-electron chi connectivity index (χ4n) is 4.27. The van der Waals surface area contributed by atoms with Crippen LogP contribution in [0.1, 0.15) is 31.3 Å². The molecule has 0 unspecified atom stereocenters.